The second kappa shape index (κ2) is 12.8. The molecule has 1 aromatic carbocycles. The minimum atomic E-state index is -2.63. The minimum absolute atomic E-state index is 0.000161. The molecule has 3 aliphatic rings. The molecule has 2 amide bonds. The topological polar surface area (TPSA) is 100 Å². The first-order valence-corrected chi connectivity index (χ1v) is 16.0. The van der Waals surface area contributed by atoms with Crippen molar-refractivity contribution in [2.45, 2.75) is 64.5 Å². The highest BCUT2D eigenvalue weighted by atomic mass is 19.3. The van der Waals surface area contributed by atoms with Gasteiger partial charge in [0, 0.05) is 87.5 Å². The lowest BCUT2D eigenvalue weighted by Crippen LogP contribution is -2.42. The normalized spacial score (nSPS) is 18.4. The number of carbonyl (C=O) groups is 1. The van der Waals surface area contributed by atoms with E-state index < -0.39 is 6.43 Å². The van der Waals surface area contributed by atoms with Gasteiger partial charge in [-0.15, -0.1) is 0 Å². The van der Waals surface area contributed by atoms with Crippen LogP contribution in [0.15, 0.2) is 24.5 Å². The highest BCUT2D eigenvalue weighted by Gasteiger charge is 2.35. The summed E-state index contributed by atoms with van der Waals surface area (Å²) < 4.78 is 33.0. The lowest BCUT2D eigenvalue weighted by atomic mass is 9.92. The number of carbonyl (C=O) groups excluding carboxylic acids is 1. The molecule has 1 saturated heterocycles. The number of aryl methyl sites for hydroxylation is 2. The van der Waals surface area contributed by atoms with Gasteiger partial charge in [0.25, 0.3) is 6.43 Å². The molecule has 238 valence electrons. The fraction of sp³-hybridized carbons (Fsp3) is 0.594. The maximum Gasteiger partial charge on any atom is 0.317 e. The first-order valence-electron chi connectivity index (χ1n) is 16.0. The van der Waals surface area contributed by atoms with Crippen LogP contribution in [0.5, 0.6) is 0 Å². The Morgan fingerprint density at radius 1 is 1.16 bits per heavy atom. The average molecular weight is 610 g/mol. The molecular formula is C32H45F2N9O. The van der Waals surface area contributed by atoms with Gasteiger partial charge in [0.2, 0.25) is 0 Å². The summed E-state index contributed by atoms with van der Waals surface area (Å²) in [6.45, 7) is 7.81. The number of aromatic nitrogens is 4. The molecule has 1 unspecified atom stereocenters. The van der Waals surface area contributed by atoms with Gasteiger partial charge in [0.15, 0.2) is 5.82 Å². The molecule has 6 rings (SSSR count). The van der Waals surface area contributed by atoms with Crippen LogP contribution in [0.1, 0.15) is 67.5 Å². The lowest BCUT2D eigenvalue weighted by Gasteiger charge is -2.35. The number of likely N-dealkylation sites (tertiary alicyclic amines) is 1. The van der Waals surface area contributed by atoms with E-state index in [9.17, 15) is 13.6 Å². The summed E-state index contributed by atoms with van der Waals surface area (Å²) in [6, 6.07) is 3.72. The fourth-order valence-corrected chi connectivity index (χ4v) is 7.30. The third-order valence-electron chi connectivity index (χ3n) is 9.57. The van der Waals surface area contributed by atoms with E-state index in [0.717, 1.165) is 80.9 Å². The minimum Gasteiger partial charge on any atom is -0.341 e. The molecule has 10 nitrogen and oxygen atoms in total. The number of anilines is 2. The van der Waals surface area contributed by atoms with E-state index in [2.05, 4.69) is 31.8 Å². The zero-order valence-electron chi connectivity index (χ0n) is 26.1. The molecule has 0 saturated carbocycles. The van der Waals surface area contributed by atoms with E-state index in [1.54, 1.807) is 37.2 Å². The molecule has 12 heteroatoms. The summed E-state index contributed by atoms with van der Waals surface area (Å²) in [5.41, 5.74) is 11.0. The Balaban J connectivity index is 1.36. The molecule has 0 spiro atoms. The number of piperidine rings is 1. The van der Waals surface area contributed by atoms with Crippen molar-refractivity contribution in [3.05, 3.63) is 46.9 Å². The highest BCUT2D eigenvalue weighted by Crippen LogP contribution is 2.43. The van der Waals surface area contributed by atoms with Crippen molar-refractivity contribution >= 4 is 17.5 Å². The number of alkyl halides is 2. The van der Waals surface area contributed by atoms with E-state index in [4.69, 9.17) is 10.8 Å². The Morgan fingerprint density at radius 2 is 1.95 bits per heavy atom. The first kappa shape index (κ1) is 30.5. The largest absolute Gasteiger partial charge is 0.341 e. The number of fused-ring (bicyclic) bond motifs is 2. The van der Waals surface area contributed by atoms with Crippen molar-refractivity contribution in [2.24, 2.45) is 18.7 Å². The van der Waals surface area contributed by atoms with Crippen LogP contribution < -0.4 is 16.0 Å². The molecule has 0 aliphatic carbocycles. The number of benzene rings is 1. The summed E-state index contributed by atoms with van der Waals surface area (Å²) in [5, 5.41) is 12.3. The smallest absolute Gasteiger partial charge is 0.317 e. The summed E-state index contributed by atoms with van der Waals surface area (Å²) in [5.74, 6) is 1.37. The van der Waals surface area contributed by atoms with Gasteiger partial charge in [0.05, 0.1) is 18.8 Å². The van der Waals surface area contributed by atoms with Crippen LogP contribution in [0, 0.1) is 5.92 Å². The molecule has 3 N–H and O–H groups in total. The van der Waals surface area contributed by atoms with Crippen LogP contribution in [0.2, 0.25) is 0 Å². The second-order valence-electron chi connectivity index (χ2n) is 12.7. The molecule has 3 aromatic rings. The summed E-state index contributed by atoms with van der Waals surface area (Å²) in [4.78, 5) is 19.2. The molecule has 44 heavy (non-hydrogen) atoms. The number of hydrogen-bond acceptors (Lipinski definition) is 6. The molecule has 5 heterocycles. The lowest BCUT2D eigenvalue weighted by molar-refractivity contribution is 0.152. The molecule has 0 radical (unpaired) electrons. The van der Waals surface area contributed by atoms with Gasteiger partial charge in [-0.3, -0.25) is 9.36 Å². The number of hydrogen-bond donors (Lipinski definition) is 2. The van der Waals surface area contributed by atoms with Crippen LogP contribution in [-0.2, 0) is 26.4 Å². The molecule has 0 bridgehead atoms. The van der Waals surface area contributed by atoms with Crippen molar-refractivity contribution in [1.82, 2.24) is 34.7 Å². The monoisotopic (exact) mass is 609 g/mol. The molecular weight excluding hydrogens is 564 g/mol. The Labute approximate surface area is 258 Å². The van der Waals surface area contributed by atoms with E-state index >= 15 is 0 Å². The van der Waals surface area contributed by atoms with Crippen LogP contribution in [0.3, 0.4) is 0 Å². The maximum absolute atomic E-state index is 14.5. The van der Waals surface area contributed by atoms with Gasteiger partial charge in [-0.2, -0.15) is 10.2 Å². The third kappa shape index (κ3) is 5.93. The second-order valence-corrected chi connectivity index (χ2v) is 12.7. The summed E-state index contributed by atoms with van der Waals surface area (Å²) in [7, 11) is 3.44. The standard InChI is InChI=1S/C32H45F2N9O/c1-21(6-10-35)18-40-12-7-24(8-13-40)43-28-9-14-41(32(44)36-2)20-27(28)31(38-43)42-11-4-5-22-15-25(23-17-37-39(3)19-23)26(30(33)34)16-29(22)42/h15-17,19,21,24,30H,4-14,18,20,35H2,1-3H3,(H,36,44). The van der Waals surface area contributed by atoms with E-state index in [0.29, 0.717) is 43.1 Å². The highest BCUT2D eigenvalue weighted by molar-refractivity contribution is 5.78. The number of nitrogens with zero attached hydrogens (tertiary/aromatic N) is 7. The van der Waals surface area contributed by atoms with Gasteiger partial charge in [-0.05, 0) is 67.8 Å². The predicted molar refractivity (Wildman–Crippen MR) is 167 cm³/mol. The van der Waals surface area contributed by atoms with Gasteiger partial charge in [-0.1, -0.05) is 6.92 Å². The number of amides is 2. The number of rotatable bonds is 8. The van der Waals surface area contributed by atoms with Crippen LogP contribution in [0.4, 0.5) is 25.1 Å². The Morgan fingerprint density at radius 3 is 2.64 bits per heavy atom. The molecule has 1 fully saturated rings. The molecule has 1 atom stereocenters. The number of nitrogens with one attached hydrogen (secondary N) is 1. The quantitative estimate of drug-likeness (QED) is 0.387. The van der Waals surface area contributed by atoms with Crippen molar-refractivity contribution < 1.29 is 13.6 Å². The zero-order valence-corrected chi connectivity index (χ0v) is 26.1. The van der Waals surface area contributed by atoms with Crippen LogP contribution >= 0.6 is 0 Å². The van der Waals surface area contributed by atoms with Crippen molar-refractivity contribution in [2.75, 3.05) is 51.2 Å². The Kier molecular flexibility index (Phi) is 8.91. The predicted octanol–water partition coefficient (Wildman–Crippen LogP) is 4.62. The Bertz CT molecular complexity index is 1480. The van der Waals surface area contributed by atoms with E-state index in [-0.39, 0.29) is 17.6 Å². The van der Waals surface area contributed by atoms with E-state index in [1.165, 1.54) is 5.69 Å². The van der Waals surface area contributed by atoms with Gasteiger partial charge in [0.1, 0.15) is 0 Å². The van der Waals surface area contributed by atoms with Crippen molar-refractivity contribution in [1.29, 1.82) is 0 Å². The van der Waals surface area contributed by atoms with Crippen LogP contribution in [0.25, 0.3) is 11.1 Å². The van der Waals surface area contributed by atoms with Gasteiger partial charge < -0.3 is 25.8 Å². The number of nitrogens with two attached hydrogens (primary N) is 1. The maximum atomic E-state index is 14.5. The van der Waals surface area contributed by atoms with Crippen molar-refractivity contribution in [3.8, 4) is 11.1 Å². The average Bonchev–Trinajstić information content (AvgIpc) is 3.63. The van der Waals surface area contributed by atoms with Gasteiger partial charge in [-0.25, -0.2) is 13.6 Å². The van der Waals surface area contributed by atoms with Gasteiger partial charge >= 0.3 is 6.03 Å². The van der Waals surface area contributed by atoms with E-state index in [1.807, 2.05) is 11.0 Å². The zero-order chi connectivity index (χ0) is 31.0. The van der Waals surface area contributed by atoms with Crippen molar-refractivity contribution in [3.63, 3.8) is 0 Å². The summed E-state index contributed by atoms with van der Waals surface area (Å²) >= 11 is 0. The fourth-order valence-electron chi connectivity index (χ4n) is 7.30. The first-order chi connectivity index (χ1) is 21.3. The van der Waals surface area contributed by atoms with Crippen LogP contribution in [-0.4, -0.2) is 81.7 Å². The summed E-state index contributed by atoms with van der Waals surface area (Å²) in [6.07, 6.45) is 6.23. The SMILES string of the molecule is CNC(=O)N1CCc2c(c(N3CCCc4cc(-c5cnn(C)c5)c(C(F)F)cc43)nn2C2CCN(CC(C)CCN)CC2)C1. The molecule has 3 aliphatic heterocycles. The third-order valence-corrected chi connectivity index (χ3v) is 9.57. The molecule has 2 aromatic heterocycles. The number of urea groups is 1. The number of halogens is 2. The Hall–Kier alpha value is -3.51.